The van der Waals surface area contributed by atoms with Crippen LogP contribution in [0.5, 0.6) is 0 Å². The van der Waals surface area contributed by atoms with E-state index in [0.29, 0.717) is 17.8 Å². The van der Waals surface area contributed by atoms with Gasteiger partial charge in [-0.25, -0.2) is 0 Å². The average molecular weight is 582 g/mol. The van der Waals surface area contributed by atoms with Gasteiger partial charge in [-0.1, -0.05) is 97.6 Å². The first kappa shape index (κ1) is 29.0. The number of para-hydroxylation sites is 1. The number of nitrogens with one attached hydrogen (secondary N) is 2. The Morgan fingerprint density at radius 1 is 0.929 bits per heavy atom. The highest BCUT2D eigenvalue weighted by atomic mass is 32.1. The summed E-state index contributed by atoms with van der Waals surface area (Å²) in [6.45, 7) is 2.26. The highest BCUT2D eigenvalue weighted by molar-refractivity contribution is 7.09. The number of nitrogen functional groups attached to an aromatic ring is 1. The van der Waals surface area contributed by atoms with Gasteiger partial charge in [0.2, 0.25) is 5.91 Å². The van der Waals surface area contributed by atoms with E-state index in [1.54, 1.807) is 12.1 Å². The normalized spacial score (nSPS) is 14.1. The monoisotopic (exact) mass is 581 g/mol. The second-order valence-corrected chi connectivity index (χ2v) is 11.4. The molecule has 0 bridgehead atoms. The molecule has 1 aliphatic carbocycles. The fourth-order valence-corrected chi connectivity index (χ4v) is 5.98. The molecular formula is C33H35N5O3S. The number of benzene rings is 3. The number of nitrogens with two attached hydrogens (primary N) is 1. The zero-order valence-corrected chi connectivity index (χ0v) is 24.4. The molecule has 3 aromatic carbocycles. The molecule has 1 fully saturated rings. The third-order valence-electron chi connectivity index (χ3n) is 7.54. The number of carbonyl (C=O) groups excluding carboxylic acids is 3. The summed E-state index contributed by atoms with van der Waals surface area (Å²) in [6, 6.07) is 25.2. The molecule has 1 aliphatic rings. The van der Waals surface area contributed by atoms with Crippen molar-refractivity contribution in [1.82, 2.24) is 15.0 Å². The second kappa shape index (κ2) is 13.4. The van der Waals surface area contributed by atoms with E-state index < -0.39 is 11.9 Å². The minimum Gasteiger partial charge on any atom is -0.395 e. The number of anilines is 2. The highest BCUT2D eigenvalue weighted by Gasteiger charge is 2.36. The highest BCUT2D eigenvalue weighted by Crippen LogP contribution is 2.33. The van der Waals surface area contributed by atoms with Gasteiger partial charge in [0, 0.05) is 18.3 Å². The van der Waals surface area contributed by atoms with Crippen LogP contribution in [-0.4, -0.2) is 28.1 Å². The molecule has 0 aliphatic heterocycles. The van der Waals surface area contributed by atoms with Crippen molar-refractivity contribution in [2.45, 2.75) is 57.7 Å². The fraction of sp³-hybridized carbons (Fsp3) is 0.273. The molecule has 0 spiro atoms. The van der Waals surface area contributed by atoms with Crippen molar-refractivity contribution in [2.24, 2.45) is 0 Å². The van der Waals surface area contributed by atoms with Crippen LogP contribution < -0.4 is 21.3 Å². The third kappa shape index (κ3) is 6.69. The van der Waals surface area contributed by atoms with Gasteiger partial charge in [0.05, 0.1) is 5.69 Å². The van der Waals surface area contributed by atoms with Gasteiger partial charge in [0.25, 0.3) is 11.8 Å². The molecule has 4 aromatic rings. The van der Waals surface area contributed by atoms with Crippen molar-refractivity contribution in [1.29, 1.82) is 0 Å². The third-order valence-corrected chi connectivity index (χ3v) is 8.39. The van der Waals surface area contributed by atoms with E-state index >= 15 is 0 Å². The molecule has 1 aromatic heterocycles. The largest absolute Gasteiger partial charge is 0.395 e. The second-order valence-electron chi connectivity index (χ2n) is 10.6. The van der Waals surface area contributed by atoms with E-state index in [1.807, 2.05) is 79.7 Å². The molecule has 9 heteroatoms. The Balaban J connectivity index is 1.50. The van der Waals surface area contributed by atoms with Crippen LogP contribution in [0.15, 0.2) is 84.9 Å². The van der Waals surface area contributed by atoms with Crippen molar-refractivity contribution in [2.75, 3.05) is 10.6 Å². The number of amides is 3. The number of aromatic nitrogens is 1. The number of hydrogen-bond acceptors (Lipinski definition) is 6. The molecule has 4 N–H and O–H groups in total. The molecule has 216 valence electrons. The SMILES string of the molecule is Cc1ccc([C@H](C(=O)NCc2ccccc2)N(C(=O)c2snc(C(=O)NC3CCCCC3)c2N)c2ccccc2)cc1. The van der Waals surface area contributed by atoms with Crippen molar-refractivity contribution in [3.8, 4) is 0 Å². The summed E-state index contributed by atoms with van der Waals surface area (Å²) in [5.74, 6) is -1.23. The lowest BCUT2D eigenvalue weighted by Gasteiger charge is -2.31. The van der Waals surface area contributed by atoms with Crippen molar-refractivity contribution in [3.05, 3.63) is 112 Å². The van der Waals surface area contributed by atoms with Crippen LogP contribution in [0.4, 0.5) is 11.4 Å². The number of carbonyl (C=O) groups is 3. The number of aryl methyl sites for hydroxylation is 1. The van der Waals surface area contributed by atoms with E-state index in [-0.39, 0.29) is 34.1 Å². The maximum absolute atomic E-state index is 14.4. The molecule has 0 unspecified atom stereocenters. The molecule has 1 saturated carbocycles. The number of hydrogen-bond donors (Lipinski definition) is 3. The summed E-state index contributed by atoms with van der Waals surface area (Å²) in [5, 5.41) is 6.04. The lowest BCUT2D eigenvalue weighted by Crippen LogP contribution is -2.44. The van der Waals surface area contributed by atoms with Gasteiger partial charge in [-0.05, 0) is 54.6 Å². The van der Waals surface area contributed by atoms with Gasteiger partial charge >= 0.3 is 0 Å². The van der Waals surface area contributed by atoms with E-state index in [4.69, 9.17) is 5.73 Å². The van der Waals surface area contributed by atoms with Gasteiger partial charge in [-0.2, -0.15) is 4.37 Å². The first-order chi connectivity index (χ1) is 20.4. The molecule has 0 saturated heterocycles. The van der Waals surface area contributed by atoms with Gasteiger partial charge in [-0.3, -0.25) is 19.3 Å². The Morgan fingerprint density at radius 2 is 1.57 bits per heavy atom. The molecule has 0 radical (unpaired) electrons. The molecule has 42 heavy (non-hydrogen) atoms. The average Bonchev–Trinajstić information content (AvgIpc) is 3.41. The molecular weight excluding hydrogens is 546 g/mol. The van der Waals surface area contributed by atoms with Gasteiger partial charge in [0.1, 0.15) is 10.9 Å². The summed E-state index contributed by atoms with van der Waals surface area (Å²) in [6.07, 6.45) is 5.14. The lowest BCUT2D eigenvalue weighted by atomic mass is 9.95. The topological polar surface area (TPSA) is 117 Å². The van der Waals surface area contributed by atoms with Crippen molar-refractivity contribution >= 4 is 40.6 Å². The lowest BCUT2D eigenvalue weighted by molar-refractivity contribution is -0.122. The fourth-order valence-electron chi connectivity index (χ4n) is 5.25. The van der Waals surface area contributed by atoms with E-state index in [2.05, 4.69) is 15.0 Å². The zero-order valence-electron chi connectivity index (χ0n) is 23.6. The maximum Gasteiger partial charge on any atom is 0.273 e. The van der Waals surface area contributed by atoms with Crippen LogP contribution in [0.3, 0.4) is 0 Å². The Kier molecular flexibility index (Phi) is 9.28. The van der Waals surface area contributed by atoms with E-state index in [1.165, 1.54) is 11.3 Å². The van der Waals surface area contributed by atoms with Gasteiger partial charge < -0.3 is 16.4 Å². The standard InChI is InChI=1S/C33H35N5O3S/c1-22-17-19-24(20-18-22)29(32(40)35-21-23-11-5-2-6-12-23)38(26-15-9-4-10-16-26)33(41)30-27(34)28(37-42-30)31(39)36-25-13-7-3-8-14-25/h2,4-6,9-12,15-20,25,29H,3,7-8,13-14,21,34H2,1H3,(H,35,40)(H,36,39)/t29-/m1/s1. The smallest absolute Gasteiger partial charge is 0.273 e. The molecule has 8 nitrogen and oxygen atoms in total. The summed E-state index contributed by atoms with van der Waals surface area (Å²) in [4.78, 5) is 43.0. The van der Waals surface area contributed by atoms with Crippen LogP contribution in [0.2, 0.25) is 0 Å². The maximum atomic E-state index is 14.4. The summed E-state index contributed by atoms with van der Waals surface area (Å²) in [5.41, 5.74) is 9.62. The Bertz CT molecular complexity index is 1520. The summed E-state index contributed by atoms with van der Waals surface area (Å²) < 4.78 is 4.30. The van der Waals surface area contributed by atoms with Crippen molar-refractivity contribution < 1.29 is 14.4 Å². The first-order valence-corrected chi connectivity index (χ1v) is 15.0. The van der Waals surface area contributed by atoms with Crippen LogP contribution >= 0.6 is 11.5 Å². The number of nitrogens with zero attached hydrogens (tertiary/aromatic N) is 2. The van der Waals surface area contributed by atoms with Gasteiger partial charge in [-0.15, -0.1) is 0 Å². The van der Waals surface area contributed by atoms with Crippen LogP contribution in [0.25, 0.3) is 0 Å². The molecule has 1 atom stereocenters. The predicted octanol–water partition coefficient (Wildman–Crippen LogP) is 5.80. The summed E-state index contributed by atoms with van der Waals surface area (Å²) in [7, 11) is 0. The zero-order chi connectivity index (χ0) is 29.5. The van der Waals surface area contributed by atoms with Crippen LogP contribution in [0, 0.1) is 6.92 Å². The van der Waals surface area contributed by atoms with E-state index in [9.17, 15) is 14.4 Å². The Morgan fingerprint density at radius 3 is 2.24 bits per heavy atom. The number of rotatable bonds is 9. The quantitative estimate of drug-likeness (QED) is 0.231. The molecule has 5 rings (SSSR count). The summed E-state index contributed by atoms with van der Waals surface area (Å²) >= 11 is 0.876. The minimum atomic E-state index is -1.01. The molecule has 1 heterocycles. The minimum absolute atomic E-state index is 0.0200. The first-order valence-electron chi connectivity index (χ1n) is 14.2. The Hall–Kier alpha value is -4.50. The van der Waals surface area contributed by atoms with Crippen LogP contribution in [0.1, 0.15) is 75.0 Å². The van der Waals surface area contributed by atoms with Crippen molar-refractivity contribution in [3.63, 3.8) is 0 Å². The predicted molar refractivity (Wildman–Crippen MR) is 166 cm³/mol. The Labute approximate surface area is 250 Å². The van der Waals surface area contributed by atoms with Crippen LogP contribution in [-0.2, 0) is 11.3 Å². The van der Waals surface area contributed by atoms with Gasteiger partial charge in [0.15, 0.2) is 5.69 Å². The van der Waals surface area contributed by atoms with E-state index in [0.717, 1.165) is 48.3 Å². The molecule has 3 amide bonds.